The molecule has 2 heteroatoms. The number of benzene rings is 1. The summed E-state index contributed by atoms with van der Waals surface area (Å²) in [5.41, 5.74) is 5.55. The summed E-state index contributed by atoms with van der Waals surface area (Å²) in [5, 5.41) is 1.31. The molecule has 0 amide bonds. The molecule has 0 aliphatic rings. The SMILES string of the molecule is CCc1cccc2ccn(C/C(C)=C/Cl)c12. The molecule has 1 nitrogen and oxygen atoms in total. The number of rotatable bonds is 3. The molecule has 0 N–H and O–H groups in total. The second-order valence-electron chi connectivity index (χ2n) is 4.11. The van der Waals surface area contributed by atoms with Crippen molar-refractivity contribution in [3.8, 4) is 0 Å². The first-order valence-corrected chi connectivity index (χ1v) is 6.02. The number of allylic oxidation sites excluding steroid dienone is 1. The zero-order chi connectivity index (χ0) is 11.5. The van der Waals surface area contributed by atoms with Gasteiger partial charge in [-0.2, -0.15) is 0 Å². The Hall–Kier alpha value is -1.21. The minimum absolute atomic E-state index is 0.865. The summed E-state index contributed by atoms with van der Waals surface area (Å²) in [6.07, 6.45) is 3.19. The third-order valence-corrected chi connectivity index (χ3v) is 3.23. The van der Waals surface area contributed by atoms with E-state index in [1.807, 2.05) is 6.92 Å². The molecule has 2 aromatic rings. The van der Waals surface area contributed by atoms with Crippen LogP contribution in [0.15, 0.2) is 41.6 Å². The summed E-state index contributed by atoms with van der Waals surface area (Å²) in [4.78, 5) is 0. The lowest BCUT2D eigenvalue weighted by atomic mass is 10.1. The molecule has 2 rings (SSSR count). The lowest BCUT2D eigenvalue weighted by molar-refractivity contribution is 0.816. The van der Waals surface area contributed by atoms with Crippen molar-refractivity contribution in [2.75, 3.05) is 0 Å². The third kappa shape index (κ3) is 2.00. The smallest absolute Gasteiger partial charge is 0.0515 e. The van der Waals surface area contributed by atoms with Gasteiger partial charge in [0, 0.05) is 18.3 Å². The van der Waals surface area contributed by atoms with Crippen LogP contribution in [-0.2, 0) is 13.0 Å². The van der Waals surface area contributed by atoms with E-state index in [9.17, 15) is 0 Å². The van der Waals surface area contributed by atoms with Gasteiger partial charge in [0.1, 0.15) is 0 Å². The predicted molar refractivity (Wildman–Crippen MR) is 70.9 cm³/mol. The topological polar surface area (TPSA) is 4.93 Å². The second-order valence-corrected chi connectivity index (χ2v) is 4.33. The summed E-state index contributed by atoms with van der Waals surface area (Å²) in [7, 11) is 0. The molecule has 0 saturated carbocycles. The molecule has 1 aromatic heterocycles. The van der Waals surface area contributed by atoms with Crippen molar-refractivity contribution in [2.45, 2.75) is 26.8 Å². The Labute approximate surface area is 101 Å². The number of nitrogens with zero attached hydrogens (tertiary/aromatic N) is 1. The third-order valence-electron chi connectivity index (χ3n) is 2.86. The quantitative estimate of drug-likeness (QED) is 0.743. The number of fused-ring (bicyclic) bond motifs is 1. The van der Waals surface area contributed by atoms with Crippen molar-refractivity contribution in [1.29, 1.82) is 0 Å². The van der Waals surface area contributed by atoms with E-state index in [-0.39, 0.29) is 0 Å². The van der Waals surface area contributed by atoms with Gasteiger partial charge in [-0.3, -0.25) is 0 Å². The maximum absolute atomic E-state index is 5.72. The van der Waals surface area contributed by atoms with Gasteiger partial charge in [-0.25, -0.2) is 0 Å². The molecule has 0 bridgehead atoms. The van der Waals surface area contributed by atoms with E-state index in [4.69, 9.17) is 11.6 Å². The number of aromatic nitrogens is 1. The van der Waals surface area contributed by atoms with Gasteiger partial charge in [0.2, 0.25) is 0 Å². The Morgan fingerprint density at radius 2 is 2.19 bits per heavy atom. The second kappa shape index (κ2) is 4.75. The number of hydrogen-bond acceptors (Lipinski definition) is 0. The van der Waals surface area contributed by atoms with Crippen LogP contribution in [0.2, 0.25) is 0 Å². The highest BCUT2D eigenvalue weighted by atomic mass is 35.5. The van der Waals surface area contributed by atoms with Crippen LogP contribution in [0.4, 0.5) is 0 Å². The summed E-state index contributed by atoms with van der Waals surface area (Å²) < 4.78 is 2.27. The number of para-hydroxylation sites is 1. The van der Waals surface area contributed by atoms with E-state index < -0.39 is 0 Å². The lowest BCUT2D eigenvalue weighted by Crippen LogP contribution is -1.99. The average Bonchev–Trinajstić information content (AvgIpc) is 2.72. The van der Waals surface area contributed by atoms with Crippen LogP contribution >= 0.6 is 11.6 Å². The zero-order valence-electron chi connectivity index (χ0n) is 9.70. The Morgan fingerprint density at radius 3 is 2.88 bits per heavy atom. The van der Waals surface area contributed by atoms with Crippen molar-refractivity contribution < 1.29 is 0 Å². The number of halogens is 1. The maximum atomic E-state index is 5.72. The molecule has 0 fully saturated rings. The molecule has 0 spiro atoms. The first-order valence-electron chi connectivity index (χ1n) is 5.59. The Kier molecular flexibility index (Phi) is 3.35. The Bertz CT molecular complexity index is 523. The number of aryl methyl sites for hydroxylation is 1. The van der Waals surface area contributed by atoms with Crippen molar-refractivity contribution in [3.05, 3.63) is 47.1 Å². The van der Waals surface area contributed by atoms with Gasteiger partial charge in [-0.1, -0.05) is 36.7 Å². The standard InChI is InChI=1S/C14H16ClN/c1-3-12-5-4-6-13-7-8-16(14(12)13)10-11(2)9-15/h4-9H,3,10H2,1-2H3/b11-9+. The fourth-order valence-electron chi connectivity index (χ4n) is 2.06. The van der Waals surface area contributed by atoms with E-state index in [1.54, 1.807) is 5.54 Å². The van der Waals surface area contributed by atoms with E-state index in [2.05, 4.69) is 42.0 Å². The molecule has 0 atom stereocenters. The van der Waals surface area contributed by atoms with Gasteiger partial charge in [-0.05, 0) is 35.9 Å². The summed E-state index contributed by atoms with van der Waals surface area (Å²) in [6.45, 7) is 5.10. The molecule has 1 heterocycles. The molecular formula is C14H16ClN. The highest BCUT2D eigenvalue weighted by molar-refractivity contribution is 6.25. The van der Waals surface area contributed by atoms with E-state index in [0.29, 0.717) is 0 Å². The van der Waals surface area contributed by atoms with Gasteiger partial charge < -0.3 is 4.57 Å². The molecular weight excluding hydrogens is 218 g/mol. The van der Waals surface area contributed by atoms with Crippen LogP contribution in [0.5, 0.6) is 0 Å². The fraction of sp³-hybridized carbons (Fsp3) is 0.286. The first-order chi connectivity index (χ1) is 7.76. The van der Waals surface area contributed by atoms with Gasteiger partial charge in [-0.15, -0.1) is 0 Å². The molecule has 0 saturated heterocycles. The minimum atomic E-state index is 0.865. The van der Waals surface area contributed by atoms with Crippen LogP contribution in [0, 0.1) is 0 Å². The predicted octanol–water partition coefficient (Wildman–Crippen LogP) is 4.35. The van der Waals surface area contributed by atoms with Gasteiger partial charge in [0.05, 0.1) is 5.52 Å². The molecule has 16 heavy (non-hydrogen) atoms. The Morgan fingerprint density at radius 1 is 1.38 bits per heavy atom. The van der Waals surface area contributed by atoms with Gasteiger partial charge >= 0.3 is 0 Å². The first kappa shape index (κ1) is 11.3. The average molecular weight is 234 g/mol. The lowest BCUT2D eigenvalue weighted by Gasteiger charge is -2.08. The van der Waals surface area contributed by atoms with Crippen LogP contribution in [-0.4, -0.2) is 4.57 Å². The summed E-state index contributed by atoms with van der Waals surface area (Å²) >= 11 is 5.72. The molecule has 0 aliphatic heterocycles. The summed E-state index contributed by atoms with van der Waals surface area (Å²) in [5.74, 6) is 0. The van der Waals surface area contributed by atoms with Crippen LogP contribution in [0.1, 0.15) is 19.4 Å². The van der Waals surface area contributed by atoms with Crippen molar-refractivity contribution >= 4 is 22.5 Å². The molecule has 0 unspecified atom stereocenters. The fourth-order valence-corrected chi connectivity index (χ4v) is 2.13. The zero-order valence-corrected chi connectivity index (χ0v) is 10.5. The minimum Gasteiger partial charge on any atom is -0.343 e. The van der Waals surface area contributed by atoms with Crippen molar-refractivity contribution in [3.63, 3.8) is 0 Å². The number of hydrogen-bond donors (Lipinski definition) is 0. The van der Waals surface area contributed by atoms with Crippen molar-refractivity contribution in [2.24, 2.45) is 0 Å². The summed E-state index contributed by atoms with van der Waals surface area (Å²) in [6, 6.07) is 8.63. The van der Waals surface area contributed by atoms with Crippen LogP contribution in [0.25, 0.3) is 10.9 Å². The molecule has 0 radical (unpaired) electrons. The largest absolute Gasteiger partial charge is 0.343 e. The normalized spacial score (nSPS) is 12.3. The molecule has 84 valence electrons. The van der Waals surface area contributed by atoms with Crippen molar-refractivity contribution in [1.82, 2.24) is 4.57 Å². The highest BCUT2D eigenvalue weighted by Gasteiger charge is 2.05. The maximum Gasteiger partial charge on any atom is 0.0515 e. The van der Waals surface area contributed by atoms with Crippen LogP contribution in [0.3, 0.4) is 0 Å². The molecule has 0 aliphatic carbocycles. The van der Waals surface area contributed by atoms with E-state index in [0.717, 1.165) is 13.0 Å². The monoisotopic (exact) mass is 233 g/mol. The van der Waals surface area contributed by atoms with E-state index >= 15 is 0 Å². The highest BCUT2D eigenvalue weighted by Crippen LogP contribution is 2.21. The van der Waals surface area contributed by atoms with Gasteiger partial charge in [0.25, 0.3) is 0 Å². The van der Waals surface area contributed by atoms with Gasteiger partial charge in [0.15, 0.2) is 0 Å². The van der Waals surface area contributed by atoms with E-state index in [1.165, 1.54) is 22.0 Å². The Balaban J connectivity index is 2.54. The van der Waals surface area contributed by atoms with Crippen LogP contribution < -0.4 is 0 Å². The molecule has 1 aromatic carbocycles.